The highest BCUT2D eigenvalue weighted by Crippen LogP contribution is 2.20. The average molecular weight is 268 g/mol. The van der Waals surface area contributed by atoms with Crippen molar-refractivity contribution < 1.29 is 0 Å². The van der Waals surface area contributed by atoms with Gasteiger partial charge >= 0.3 is 0 Å². The predicted octanol–water partition coefficient (Wildman–Crippen LogP) is 3.01. The second-order valence-corrected chi connectivity index (χ2v) is 5.13. The van der Waals surface area contributed by atoms with Crippen molar-refractivity contribution >= 4 is 28.6 Å². The van der Waals surface area contributed by atoms with Gasteiger partial charge in [0.05, 0.1) is 21.9 Å². The minimum Gasteiger partial charge on any atom is -0.398 e. The summed E-state index contributed by atoms with van der Waals surface area (Å²) >= 11 is 7.60. The van der Waals surface area contributed by atoms with Crippen molar-refractivity contribution in [3.05, 3.63) is 45.4 Å². The molecule has 0 saturated heterocycles. The highest BCUT2D eigenvalue weighted by atomic mass is 35.5. The molecule has 3 nitrogen and oxygen atoms in total. The third kappa shape index (κ3) is 3.43. The molecule has 17 heavy (non-hydrogen) atoms. The molecule has 0 spiro atoms. The summed E-state index contributed by atoms with van der Waals surface area (Å²) in [5.74, 6) is 0. The number of halogens is 1. The molecule has 2 N–H and O–H groups in total. The van der Waals surface area contributed by atoms with Crippen LogP contribution in [0.5, 0.6) is 0 Å². The van der Waals surface area contributed by atoms with Crippen LogP contribution in [0.15, 0.2) is 29.1 Å². The normalized spacial score (nSPS) is 11.0. The fraction of sp³-hybridized carbons (Fsp3) is 0.250. The third-order valence-electron chi connectivity index (χ3n) is 2.43. The number of anilines is 1. The fourth-order valence-corrected chi connectivity index (χ4v) is 2.38. The van der Waals surface area contributed by atoms with Crippen molar-refractivity contribution in [2.24, 2.45) is 0 Å². The lowest BCUT2D eigenvalue weighted by Crippen LogP contribution is -2.17. The number of thiazole rings is 1. The first kappa shape index (κ1) is 12.4. The van der Waals surface area contributed by atoms with Gasteiger partial charge in [-0.05, 0) is 24.7 Å². The summed E-state index contributed by atoms with van der Waals surface area (Å²) in [6.45, 7) is 1.67. The summed E-state index contributed by atoms with van der Waals surface area (Å²) in [6, 6.07) is 5.75. The van der Waals surface area contributed by atoms with Gasteiger partial charge in [0.1, 0.15) is 0 Å². The molecule has 0 unspecified atom stereocenters. The van der Waals surface area contributed by atoms with Crippen molar-refractivity contribution in [2.45, 2.75) is 13.1 Å². The van der Waals surface area contributed by atoms with Gasteiger partial charge in [-0.25, -0.2) is 4.98 Å². The smallest absolute Gasteiger partial charge is 0.0795 e. The molecule has 0 saturated carbocycles. The molecule has 1 aromatic heterocycles. The number of hydrogen-bond acceptors (Lipinski definition) is 4. The maximum atomic E-state index is 5.99. The van der Waals surface area contributed by atoms with Crippen LogP contribution in [0, 0.1) is 0 Å². The Morgan fingerprint density at radius 1 is 1.41 bits per heavy atom. The van der Waals surface area contributed by atoms with Gasteiger partial charge in [0.2, 0.25) is 0 Å². The fourth-order valence-electron chi connectivity index (χ4n) is 1.63. The summed E-state index contributed by atoms with van der Waals surface area (Å²) in [6.07, 6.45) is 0. The molecule has 0 radical (unpaired) electrons. The highest BCUT2D eigenvalue weighted by Gasteiger charge is 2.04. The van der Waals surface area contributed by atoms with E-state index >= 15 is 0 Å². The number of hydrogen-bond donors (Lipinski definition) is 1. The molecule has 0 fully saturated rings. The Balaban J connectivity index is 1.98. The van der Waals surface area contributed by atoms with E-state index in [0.29, 0.717) is 10.7 Å². The van der Waals surface area contributed by atoms with E-state index < -0.39 is 0 Å². The van der Waals surface area contributed by atoms with Gasteiger partial charge in [0.25, 0.3) is 0 Å². The Kier molecular flexibility index (Phi) is 3.99. The van der Waals surface area contributed by atoms with Crippen LogP contribution in [0.4, 0.5) is 5.69 Å². The van der Waals surface area contributed by atoms with Gasteiger partial charge in [-0.15, -0.1) is 11.3 Å². The minimum absolute atomic E-state index is 0.615. The van der Waals surface area contributed by atoms with Crippen LogP contribution in [0.1, 0.15) is 11.3 Å². The maximum absolute atomic E-state index is 5.99. The molecule has 0 amide bonds. The molecule has 0 aliphatic rings. The second-order valence-electron chi connectivity index (χ2n) is 4.01. The van der Waals surface area contributed by atoms with Crippen molar-refractivity contribution in [3.8, 4) is 0 Å². The molecular formula is C12H14ClN3S. The number of nitrogens with two attached hydrogens (primary N) is 1. The lowest BCUT2D eigenvalue weighted by molar-refractivity contribution is 0.316. The monoisotopic (exact) mass is 267 g/mol. The van der Waals surface area contributed by atoms with Crippen molar-refractivity contribution in [3.63, 3.8) is 0 Å². The minimum atomic E-state index is 0.615. The summed E-state index contributed by atoms with van der Waals surface area (Å²) in [4.78, 5) is 6.45. The van der Waals surface area contributed by atoms with Gasteiger partial charge in [0, 0.05) is 18.5 Å². The van der Waals surface area contributed by atoms with Crippen molar-refractivity contribution in [2.75, 3.05) is 12.8 Å². The van der Waals surface area contributed by atoms with Gasteiger partial charge in [0.15, 0.2) is 0 Å². The van der Waals surface area contributed by atoms with Crippen LogP contribution in [-0.2, 0) is 13.1 Å². The number of rotatable bonds is 4. The first-order valence-electron chi connectivity index (χ1n) is 5.24. The number of nitrogen functional groups attached to an aromatic ring is 1. The second kappa shape index (κ2) is 5.49. The quantitative estimate of drug-likeness (QED) is 0.866. The van der Waals surface area contributed by atoms with Gasteiger partial charge in [-0.1, -0.05) is 17.7 Å². The molecule has 0 atom stereocenters. The van der Waals surface area contributed by atoms with E-state index in [2.05, 4.69) is 22.3 Å². The topological polar surface area (TPSA) is 42.1 Å². The van der Waals surface area contributed by atoms with Gasteiger partial charge in [-0.2, -0.15) is 0 Å². The molecule has 2 rings (SSSR count). The standard InChI is InChI=1S/C12H14ClN3S/c1-16(6-10-7-17-8-15-10)5-9-2-3-12(14)11(13)4-9/h2-4,7-8H,5-6,14H2,1H3. The predicted molar refractivity (Wildman–Crippen MR) is 73.1 cm³/mol. The molecule has 2 aromatic rings. The largest absolute Gasteiger partial charge is 0.398 e. The Morgan fingerprint density at radius 3 is 2.88 bits per heavy atom. The van der Waals surface area contributed by atoms with E-state index in [0.717, 1.165) is 24.3 Å². The zero-order valence-electron chi connectivity index (χ0n) is 9.56. The number of benzene rings is 1. The highest BCUT2D eigenvalue weighted by molar-refractivity contribution is 7.07. The van der Waals surface area contributed by atoms with Crippen LogP contribution < -0.4 is 5.73 Å². The first-order chi connectivity index (χ1) is 8.15. The van der Waals surface area contributed by atoms with E-state index in [1.54, 1.807) is 11.3 Å². The first-order valence-corrected chi connectivity index (χ1v) is 6.57. The molecule has 90 valence electrons. The van der Waals surface area contributed by atoms with E-state index in [1.807, 2.05) is 23.7 Å². The van der Waals surface area contributed by atoms with E-state index in [4.69, 9.17) is 17.3 Å². The van der Waals surface area contributed by atoms with E-state index in [1.165, 1.54) is 0 Å². The Hall–Kier alpha value is -1.10. The lowest BCUT2D eigenvalue weighted by Gasteiger charge is -2.15. The van der Waals surface area contributed by atoms with E-state index in [9.17, 15) is 0 Å². The average Bonchev–Trinajstić information content (AvgIpc) is 2.76. The molecule has 0 bridgehead atoms. The van der Waals surface area contributed by atoms with Crippen LogP contribution in [0.2, 0.25) is 5.02 Å². The van der Waals surface area contributed by atoms with Crippen LogP contribution in [-0.4, -0.2) is 16.9 Å². The zero-order valence-corrected chi connectivity index (χ0v) is 11.1. The maximum Gasteiger partial charge on any atom is 0.0795 e. The van der Waals surface area contributed by atoms with Gasteiger partial charge in [-0.3, -0.25) is 4.90 Å². The summed E-state index contributed by atoms with van der Waals surface area (Å²) in [5, 5.41) is 2.68. The van der Waals surface area contributed by atoms with Crippen LogP contribution in [0.3, 0.4) is 0 Å². The third-order valence-corrected chi connectivity index (χ3v) is 3.40. The molecule has 1 aromatic carbocycles. The molecule has 5 heteroatoms. The Morgan fingerprint density at radius 2 is 2.24 bits per heavy atom. The van der Waals surface area contributed by atoms with Crippen LogP contribution in [0.25, 0.3) is 0 Å². The van der Waals surface area contributed by atoms with Crippen LogP contribution >= 0.6 is 22.9 Å². The Bertz CT molecular complexity index is 485. The van der Waals surface area contributed by atoms with Crippen molar-refractivity contribution in [1.82, 2.24) is 9.88 Å². The number of nitrogens with zero attached hydrogens (tertiary/aromatic N) is 2. The van der Waals surface area contributed by atoms with E-state index in [-0.39, 0.29) is 0 Å². The molecule has 1 heterocycles. The summed E-state index contributed by atoms with van der Waals surface area (Å²) < 4.78 is 0. The zero-order chi connectivity index (χ0) is 12.3. The number of aromatic nitrogens is 1. The Labute approximate surface area is 110 Å². The van der Waals surface area contributed by atoms with Crippen molar-refractivity contribution in [1.29, 1.82) is 0 Å². The summed E-state index contributed by atoms with van der Waals surface area (Å²) in [5.41, 5.74) is 10.4. The molecule has 0 aliphatic heterocycles. The lowest BCUT2D eigenvalue weighted by atomic mass is 10.2. The summed E-state index contributed by atoms with van der Waals surface area (Å²) in [7, 11) is 2.06. The molecular weight excluding hydrogens is 254 g/mol. The SMILES string of the molecule is CN(Cc1ccc(N)c(Cl)c1)Cc1cscn1. The van der Waals surface area contributed by atoms with Gasteiger partial charge < -0.3 is 5.73 Å². The molecule has 0 aliphatic carbocycles.